The molecule has 2 heterocycles. The number of nitrogens with zero attached hydrogens (tertiary/aromatic N) is 2. The molecule has 1 aliphatic carbocycles. The van der Waals surface area contributed by atoms with E-state index in [-0.39, 0.29) is 5.75 Å². The molecule has 1 aliphatic rings. The van der Waals surface area contributed by atoms with Gasteiger partial charge in [-0.05, 0) is 67.5 Å². The fraction of sp³-hybridized carbons (Fsp3) is 0.333. The number of anilines is 1. The number of fused-ring (bicyclic) bond motifs is 1. The van der Waals surface area contributed by atoms with E-state index in [0.717, 1.165) is 52.4 Å². The maximum Gasteiger partial charge on any atom is 0.573 e. The molecule has 182 valence electrons. The SMILES string of the molecule is Cc1cc2c(NCCCc3ccc(-c4ccc(OC(F)(F)F)cc4)cc3)nc(C3CCC3)nc2s1. The molecule has 0 atom stereocenters. The third-order valence-corrected chi connectivity index (χ3v) is 7.26. The number of aromatic nitrogens is 2. The smallest absolute Gasteiger partial charge is 0.406 e. The molecule has 0 unspecified atom stereocenters. The zero-order valence-corrected chi connectivity index (χ0v) is 20.2. The van der Waals surface area contributed by atoms with Gasteiger partial charge in [-0.2, -0.15) is 0 Å². The first-order valence-corrected chi connectivity index (χ1v) is 12.6. The molecule has 0 aliphatic heterocycles. The van der Waals surface area contributed by atoms with Crippen molar-refractivity contribution in [2.24, 2.45) is 0 Å². The van der Waals surface area contributed by atoms with Crippen molar-refractivity contribution in [2.45, 2.75) is 51.3 Å². The number of alkyl halides is 3. The van der Waals surface area contributed by atoms with Crippen LogP contribution in [0.4, 0.5) is 19.0 Å². The van der Waals surface area contributed by atoms with Gasteiger partial charge in [-0.15, -0.1) is 24.5 Å². The molecule has 4 nitrogen and oxygen atoms in total. The Labute approximate surface area is 206 Å². The Morgan fingerprint density at radius 3 is 2.31 bits per heavy atom. The molecule has 2 aromatic carbocycles. The quantitative estimate of drug-likeness (QED) is 0.252. The number of thiophene rings is 1. The molecule has 0 spiro atoms. The lowest BCUT2D eigenvalue weighted by atomic mass is 9.85. The van der Waals surface area contributed by atoms with Crippen LogP contribution in [-0.4, -0.2) is 22.9 Å². The highest BCUT2D eigenvalue weighted by atomic mass is 32.1. The Morgan fingerprint density at radius 2 is 1.69 bits per heavy atom. The lowest BCUT2D eigenvalue weighted by Gasteiger charge is -2.24. The summed E-state index contributed by atoms with van der Waals surface area (Å²) < 4.78 is 40.9. The van der Waals surface area contributed by atoms with E-state index < -0.39 is 6.36 Å². The second-order valence-corrected chi connectivity index (χ2v) is 10.2. The first-order valence-electron chi connectivity index (χ1n) is 11.8. The molecule has 2 aromatic heterocycles. The molecular formula is C27H26F3N3OS. The summed E-state index contributed by atoms with van der Waals surface area (Å²) in [6.07, 6.45) is 0.801. The summed E-state index contributed by atoms with van der Waals surface area (Å²) in [5.41, 5.74) is 3.00. The molecule has 0 amide bonds. The third kappa shape index (κ3) is 5.75. The number of aryl methyl sites for hydroxylation is 2. The van der Waals surface area contributed by atoms with Gasteiger partial charge in [0.25, 0.3) is 0 Å². The van der Waals surface area contributed by atoms with Crippen molar-refractivity contribution in [1.29, 1.82) is 0 Å². The summed E-state index contributed by atoms with van der Waals surface area (Å²) in [6.45, 7) is 2.92. The van der Waals surface area contributed by atoms with Gasteiger partial charge in [-0.3, -0.25) is 0 Å². The molecule has 8 heteroatoms. The van der Waals surface area contributed by atoms with E-state index in [1.807, 2.05) is 12.1 Å². The van der Waals surface area contributed by atoms with Crippen molar-refractivity contribution in [2.75, 3.05) is 11.9 Å². The van der Waals surface area contributed by atoms with Gasteiger partial charge in [-0.1, -0.05) is 42.8 Å². The van der Waals surface area contributed by atoms with Crippen molar-refractivity contribution >= 4 is 27.4 Å². The van der Waals surface area contributed by atoms with Gasteiger partial charge in [0.2, 0.25) is 0 Å². The van der Waals surface area contributed by atoms with E-state index in [9.17, 15) is 13.2 Å². The van der Waals surface area contributed by atoms with Crippen LogP contribution in [0, 0.1) is 6.92 Å². The average Bonchev–Trinajstić information content (AvgIpc) is 3.16. The van der Waals surface area contributed by atoms with E-state index >= 15 is 0 Å². The van der Waals surface area contributed by atoms with Crippen LogP contribution in [0.1, 0.15) is 47.9 Å². The summed E-state index contributed by atoms with van der Waals surface area (Å²) >= 11 is 1.72. The molecule has 5 rings (SSSR count). The maximum absolute atomic E-state index is 12.3. The highest BCUT2D eigenvalue weighted by Crippen LogP contribution is 2.37. The van der Waals surface area contributed by atoms with Gasteiger partial charge < -0.3 is 10.1 Å². The lowest BCUT2D eigenvalue weighted by molar-refractivity contribution is -0.274. The van der Waals surface area contributed by atoms with Crippen LogP contribution >= 0.6 is 11.3 Å². The van der Waals surface area contributed by atoms with Gasteiger partial charge in [-0.25, -0.2) is 9.97 Å². The highest BCUT2D eigenvalue weighted by Gasteiger charge is 2.31. The van der Waals surface area contributed by atoms with E-state index in [0.29, 0.717) is 5.92 Å². The predicted molar refractivity (Wildman–Crippen MR) is 134 cm³/mol. The fourth-order valence-electron chi connectivity index (χ4n) is 4.25. The normalized spacial score (nSPS) is 14.2. The van der Waals surface area contributed by atoms with Crippen LogP contribution in [0.3, 0.4) is 0 Å². The monoisotopic (exact) mass is 497 g/mol. The minimum absolute atomic E-state index is 0.219. The molecule has 1 fully saturated rings. The number of nitrogens with one attached hydrogen (secondary N) is 1. The molecular weight excluding hydrogens is 471 g/mol. The van der Waals surface area contributed by atoms with Crippen LogP contribution in [0.15, 0.2) is 54.6 Å². The number of benzene rings is 2. The molecule has 1 saturated carbocycles. The van der Waals surface area contributed by atoms with E-state index in [4.69, 9.17) is 9.97 Å². The lowest BCUT2D eigenvalue weighted by Crippen LogP contribution is -2.16. The zero-order chi connectivity index (χ0) is 24.4. The Kier molecular flexibility index (Phi) is 6.65. The summed E-state index contributed by atoms with van der Waals surface area (Å²) in [4.78, 5) is 12.0. The number of hydrogen-bond donors (Lipinski definition) is 1. The first kappa shape index (κ1) is 23.6. The second-order valence-electron chi connectivity index (χ2n) is 8.93. The maximum atomic E-state index is 12.3. The number of halogens is 3. The summed E-state index contributed by atoms with van der Waals surface area (Å²) in [5, 5.41) is 4.64. The van der Waals surface area contributed by atoms with Crippen molar-refractivity contribution in [3.63, 3.8) is 0 Å². The molecule has 0 bridgehead atoms. The van der Waals surface area contributed by atoms with E-state index in [1.54, 1.807) is 23.5 Å². The van der Waals surface area contributed by atoms with Crippen LogP contribution in [0.2, 0.25) is 0 Å². The minimum Gasteiger partial charge on any atom is -0.406 e. The Hall–Kier alpha value is -3.13. The largest absolute Gasteiger partial charge is 0.573 e. The van der Waals surface area contributed by atoms with Crippen LogP contribution < -0.4 is 10.1 Å². The predicted octanol–water partition coefficient (Wildman–Crippen LogP) is 7.88. The van der Waals surface area contributed by atoms with Gasteiger partial charge >= 0.3 is 6.36 Å². The summed E-state index contributed by atoms with van der Waals surface area (Å²) in [7, 11) is 0. The van der Waals surface area contributed by atoms with Crippen LogP contribution in [0.5, 0.6) is 5.75 Å². The Balaban J connectivity index is 1.17. The molecule has 35 heavy (non-hydrogen) atoms. The average molecular weight is 498 g/mol. The number of hydrogen-bond acceptors (Lipinski definition) is 5. The van der Waals surface area contributed by atoms with Gasteiger partial charge in [0.1, 0.15) is 22.2 Å². The zero-order valence-electron chi connectivity index (χ0n) is 19.4. The summed E-state index contributed by atoms with van der Waals surface area (Å²) in [5.74, 6) is 2.19. The van der Waals surface area contributed by atoms with E-state index in [1.165, 1.54) is 41.8 Å². The highest BCUT2D eigenvalue weighted by molar-refractivity contribution is 7.18. The van der Waals surface area contributed by atoms with Crippen LogP contribution in [0.25, 0.3) is 21.3 Å². The molecule has 0 radical (unpaired) electrons. The molecule has 4 aromatic rings. The molecule has 1 N–H and O–H groups in total. The fourth-order valence-corrected chi connectivity index (χ4v) is 5.14. The van der Waals surface area contributed by atoms with Crippen molar-refractivity contribution in [1.82, 2.24) is 9.97 Å². The van der Waals surface area contributed by atoms with Crippen LogP contribution in [-0.2, 0) is 6.42 Å². The second kappa shape index (κ2) is 9.85. The minimum atomic E-state index is -4.68. The number of rotatable bonds is 8. The van der Waals surface area contributed by atoms with Crippen molar-refractivity contribution in [3.8, 4) is 16.9 Å². The van der Waals surface area contributed by atoms with Gasteiger partial charge in [0.05, 0.1) is 5.39 Å². The van der Waals surface area contributed by atoms with E-state index in [2.05, 4.69) is 35.2 Å². The number of ether oxygens (including phenoxy) is 1. The van der Waals surface area contributed by atoms with Gasteiger partial charge in [0.15, 0.2) is 0 Å². The molecule has 0 saturated heterocycles. The van der Waals surface area contributed by atoms with Crippen molar-refractivity contribution in [3.05, 3.63) is 70.9 Å². The third-order valence-electron chi connectivity index (χ3n) is 6.31. The Bertz CT molecular complexity index is 1300. The van der Waals surface area contributed by atoms with Crippen molar-refractivity contribution < 1.29 is 17.9 Å². The topological polar surface area (TPSA) is 47.0 Å². The first-order chi connectivity index (χ1) is 16.8. The summed E-state index contributed by atoms with van der Waals surface area (Å²) in [6, 6.07) is 16.2. The Morgan fingerprint density at radius 1 is 1.00 bits per heavy atom. The standard InChI is InChI=1S/C27H26F3N3OS/c1-17-16-23-25(32-24(21-5-2-6-21)33-26(23)35-17)31-15-3-4-18-7-9-19(10-8-18)20-11-13-22(14-12-20)34-27(28,29)30/h7-14,16,21H,2-6,15H2,1H3,(H,31,32,33). The van der Waals surface area contributed by atoms with Gasteiger partial charge in [0, 0.05) is 17.3 Å².